The third kappa shape index (κ3) is 3.70. The number of hydrogen-bond donors (Lipinski definition) is 0. The van der Waals surface area contributed by atoms with Gasteiger partial charge in [0.2, 0.25) is 0 Å². The Hall–Kier alpha value is -3.70. The molecule has 0 N–H and O–H groups in total. The summed E-state index contributed by atoms with van der Waals surface area (Å²) in [5, 5.41) is 20.4. The van der Waals surface area contributed by atoms with Crippen LogP contribution in [0, 0.1) is 21.4 Å². The minimum absolute atomic E-state index is 0.0581. The van der Waals surface area contributed by atoms with Crippen LogP contribution in [0.2, 0.25) is 0 Å². The van der Waals surface area contributed by atoms with Crippen molar-refractivity contribution in [2.24, 2.45) is 7.05 Å². The van der Waals surface area contributed by atoms with Crippen LogP contribution in [0.3, 0.4) is 0 Å². The van der Waals surface area contributed by atoms with E-state index in [1.165, 1.54) is 16.7 Å². The van der Waals surface area contributed by atoms with Gasteiger partial charge in [-0.3, -0.25) is 14.9 Å². The summed E-state index contributed by atoms with van der Waals surface area (Å²) >= 11 is 1.16. The first-order valence-electron chi connectivity index (χ1n) is 8.27. The molecule has 0 saturated heterocycles. The summed E-state index contributed by atoms with van der Waals surface area (Å²) in [5.74, 6) is 0. The molecule has 7 nitrogen and oxygen atoms in total. The molecule has 1 heterocycles. The predicted octanol–water partition coefficient (Wildman–Crippen LogP) is 2.26. The molecule has 0 amide bonds. The molecule has 2 aromatic carbocycles. The quantitative estimate of drug-likeness (QED) is 0.502. The lowest BCUT2D eigenvalue weighted by atomic mass is 10.1. The maximum Gasteiger partial charge on any atom is 0.293 e. The van der Waals surface area contributed by atoms with Gasteiger partial charge >= 0.3 is 0 Å². The summed E-state index contributed by atoms with van der Waals surface area (Å²) in [6, 6.07) is 16.1. The summed E-state index contributed by atoms with van der Waals surface area (Å²) in [5.41, 5.74) is 1.51. The Labute approximate surface area is 164 Å². The Bertz CT molecular complexity index is 1250. The number of rotatable bonds is 4. The fourth-order valence-electron chi connectivity index (χ4n) is 2.77. The van der Waals surface area contributed by atoms with Gasteiger partial charge in [0.15, 0.2) is 0 Å². The minimum Gasteiger partial charge on any atom is -0.339 e. The van der Waals surface area contributed by atoms with Crippen molar-refractivity contribution in [2.75, 3.05) is 11.9 Å². The van der Waals surface area contributed by atoms with Gasteiger partial charge in [-0.2, -0.15) is 5.26 Å². The number of hydrogen-bond acceptors (Lipinski definition) is 6. The molecule has 140 valence electrons. The van der Waals surface area contributed by atoms with Gasteiger partial charge in [0.05, 0.1) is 15.5 Å². The van der Waals surface area contributed by atoms with Crippen molar-refractivity contribution < 1.29 is 4.92 Å². The second kappa shape index (κ2) is 7.90. The number of para-hydroxylation sites is 1. The molecule has 0 aliphatic heterocycles. The highest BCUT2D eigenvalue weighted by molar-refractivity contribution is 7.07. The normalized spacial score (nSPS) is 12.0. The lowest BCUT2D eigenvalue weighted by Crippen LogP contribution is -2.28. The topological polar surface area (TPSA) is 92.2 Å². The van der Waals surface area contributed by atoms with Gasteiger partial charge in [-0.05, 0) is 29.8 Å². The van der Waals surface area contributed by atoms with Crippen LogP contribution in [0.1, 0.15) is 5.56 Å². The Morgan fingerprint density at radius 2 is 1.96 bits per heavy atom. The summed E-state index contributed by atoms with van der Waals surface area (Å²) in [7, 11) is 3.35. The fraction of sp³-hybridized carbons (Fsp3) is 0.100. The predicted molar refractivity (Wildman–Crippen MR) is 110 cm³/mol. The van der Waals surface area contributed by atoms with Crippen molar-refractivity contribution in [3.63, 3.8) is 0 Å². The molecule has 1 aromatic heterocycles. The molecule has 3 rings (SSSR count). The number of nitro benzene ring substituents is 1. The highest BCUT2D eigenvalue weighted by Gasteiger charge is 2.18. The van der Waals surface area contributed by atoms with Crippen molar-refractivity contribution >= 4 is 40.6 Å². The monoisotopic (exact) mass is 392 g/mol. The van der Waals surface area contributed by atoms with Gasteiger partial charge in [-0.15, -0.1) is 11.3 Å². The van der Waals surface area contributed by atoms with Crippen LogP contribution >= 0.6 is 11.3 Å². The highest BCUT2D eigenvalue weighted by Crippen LogP contribution is 2.33. The van der Waals surface area contributed by atoms with E-state index in [4.69, 9.17) is 5.26 Å². The molecule has 0 fully saturated rings. The summed E-state index contributed by atoms with van der Waals surface area (Å²) < 4.78 is 2.31. The number of nitriles is 1. The molecule has 28 heavy (non-hydrogen) atoms. The zero-order valence-corrected chi connectivity index (χ0v) is 16.0. The molecule has 0 spiro atoms. The summed E-state index contributed by atoms with van der Waals surface area (Å²) in [4.78, 5) is 25.3. The first-order valence-corrected chi connectivity index (χ1v) is 9.08. The molecular formula is C20H16N4O3S. The molecule has 0 unspecified atom stereocenters. The minimum atomic E-state index is -0.437. The van der Waals surface area contributed by atoms with E-state index < -0.39 is 4.92 Å². The number of nitro groups is 1. The standard InChI is InChI=1S/C20H16N4O3S/c1-22(15-6-4-3-5-7-15)16-9-8-14(12-17(16)24(26)27)13-18-20(25)23(2)19(28-18)10-11-21/h3-10,12-13H,1-2H3/b18-13-,19-10-. The third-order valence-corrected chi connectivity index (χ3v) is 5.36. The van der Waals surface area contributed by atoms with Gasteiger partial charge in [-0.25, -0.2) is 0 Å². The van der Waals surface area contributed by atoms with E-state index in [2.05, 4.69) is 0 Å². The van der Waals surface area contributed by atoms with Crippen LogP contribution in [0.4, 0.5) is 17.1 Å². The zero-order valence-electron chi connectivity index (χ0n) is 15.2. The Kier molecular flexibility index (Phi) is 5.38. The maximum atomic E-state index is 12.3. The van der Waals surface area contributed by atoms with Crippen molar-refractivity contribution in [3.05, 3.63) is 83.8 Å². The average Bonchev–Trinajstić information content (AvgIpc) is 2.96. The van der Waals surface area contributed by atoms with E-state index in [-0.39, 0.29) is 11.2 Å². The van der Waals surface area contributed by atoms with E-state index in [9.17, 15) is 14.9 Å². The number of aromatic nitrogens is 1. The average molecular weight is 392 g/mol. The number of thiazole rings is 1. The SMILES string of the molecule is CN(c1ccccc1)c1ccc(/C=c2\s/c(=C\C#N)n(C)c2=O)cc1[N+](=O)[O-]. The van der Waals surface area contributed by atoms with Gasteiger partial charge in [0.1, 0.15) is 10.4 Å². The van der Waals surface area contributed by atoms with Crippen LogP contribution in [0.5, 0.6) is 0 Å². The smallest absolute Gasteiger partial charge is 0.293 e. The molecular weight excluding hydrogens is 376 g/mol. The Morgan fingerprint density at radius 3 is 2.61 bits per heavy atom. The van der Waals surface area contributed by atoms with Crippen molar-refractivity contribution in [3.8, 4) is 6.07 Å². The number of benzene rings is 2. The third-order valence-electron chi connectivity index (χ3n) is 4.25. The number of nitrogens with zero attached hydrogens (tertiary/aromatic N) is 4. The summed E-state index contributed by atoms with van der Waals surface area (Å²) in [6.45, 7) is 0. The van der Waals surface area contributed by atoms with Gasteiger partial charge in [0.25, 0.3) is 11.2 Å². The molecule has 0 aliphatic carbocycles. The van der Waals surface area contributed by atoms with Crippen molar-refractivity contribution in [1.29, 1.82) is 5.26 Å². The zero-order chi connectivity index (χ0) is 20.3. The van der Waals surface area contributed by atoms with Gasteiger partial charge < -0.3 is 9.47 Å². The largest absolute Gasteiger partial charge is 0.339 e. The van der Waals surface area contributed by atoms with E-state index in [1.54, 1.807) is 37.2 Å². The van der Waals surface area contributed by atoms with Crippen LogP contribution in [0.25, 0.3) is 12.2 Å². The van der Waals surface area contributed by atoms with Crippen LogP contribution in [-0.4, -0.2) is 16.5 Å². The number of anilines is 2. The second-order valence-corrected chi connectivity index (χ2v) is 7.05. The first-order chi connectivity index (χ1) is 13.4. The maximum absolute atomic E-state index is 12.3. The van der Waals surface area contributed by atoms with Gasteiger partial charge in [-0.1, -0.05) is 24.3 Å². The van der Waals surface area contributed by atoms with Crippen molar-refractivity contribution in [2.45, 2.75) is 0 Å². The van der Waals surface area contributed by atoms with E-state index in [0.29, 0.717) is 20.4 Å². The Morgan fingerprint density at radius 1 is 1.25 bits per heavy atom. The van der Waals surface area contributed by atoms with Crippen LogP contribution in [0.15, 0.2) is 53.3 Å². The highest BCUT2D eigenvalue weighted by atomic mass is 32.1. The Balaban J connectivity index is 2.12. The molecule has 0 atom stereocenters. The molecule has 3 aromatic rings. The van der Waals surface area contributed by atoms with Crippen molar-refractivity contribution in [1.82, 2.24) is 4.57 Å². The summed E-state index contributed by atoms with van der Waals surface area (Å²) in [6.07, 6.45) is 2.89. The molecule has 0 aliphatic rings. The van der Waals surface area contributed by atoms with Gasteiger partial charge in [0, 0.05) is 31.9 Å². The molecule has 8 heteroatoms. The molecule has 0 radical (unpaired) electrons. The second-order valence-electron chi connectivity index (χ2n) is 5.99. The first kappa shape index (κ1) is 19.1. The van der Waals surface area contributed by atoms with E-state index in [1.807, 2.05) is 36.4 Å². The fourth-order valence-corrected chi connectivity index (χ4v) is 3.74. The molecule has 0 saturated carbocycles. The van der Waals surface area contributed by atoms with Crippen LogP contribution < -0.4 is 19.7 Å². The molecule has 0 bridgehead atoms. The lowest BCUT2D eigenvalue weighted by molar-refractivity contribution is -0.384. The van der Waals surface area contributed by atoms with Crippen LogP contribution in [-0.2, 0) is 7.05 Å². The van der Waals surface area contributed by atoms with E-state index in [0.717, 1.165) is 17.0 Å². The lowest BCUT2D eigenvalue weighted by Gasteiger charge is -2.19. The van der Waals surface area contributed by atoms with E-state index >= 15 is 0 Å².